The van der Waals surface area contributed by atoms with Gasteiger partial charge < -0.3 is 19.5 Å². The van der Waals surface area contributed by atoms with E-state index in [1.165, 1.54) is 11.3 Å². The number of carbonyl (C=O) groups is 1. The molecule has 5 nitrogen and oxygen atoms in total. The van der Waals surface area contributed by atoms with Crippen LogP contribution in [0.5, 0.6) is 5.75 Å². The van der Waals surface area contributed by atoms with E-state index in [-0.39, 0.29) is 11.7 Å². The highest BCUT2D eigenvalue weighted by molar-refractivity contribution is 7.10. The molecular formula is C16H23NO4S. The summed E-state index contributed by atoms with van der Waals surface area (Å²) in [5.74, 6) is 0.800. The van der Waals surface area contributed by atoms with E-state index in [2.05, 4.69) is 0 Å². The summed E-state index contributed by atoms with van der Waals surface area (Å²) in [4.78, 5) is 14.8. The van der Waals surface area contributed by atoms with E-state index in [1.54, 1.807) is 4.90 Å². The third kappa shape index (κ3) is 3.08. The molecular weight excluding hydrogens is 302 g/mol. The smallest absolute Gasteiger partial charge is 0.410 e. The fraction of sp³-hybridized carbons (Fsp3) is 0.688. The van der Waals surface area contributed by atoms with Gasteiger partial charge in [-0.25, -0.2) is 4.79 Å². The first-order valence-electron chi connectivity index (χ1n) is 7.70. The molecule has 6 heteroatoms. The number of thiophene rings is 1. The maximum atomic E-state index is 12.1. The molecule has 3 rings (SSSR count). The number of hydrogen-bond donors (Lipinski definition) is 1. The normalized spacial score (nSPS) is 23.8. The van der Waals surface area contributed by atoms with Gasteiger partial charge in [-0.3, -0.25) is 0 Å². The standard InChI is InChI=1S/C16H23NO4S/c1-15(2,3)21-14(19)17-7-5-16(6-8-17)10-11(18)13-12(20-16)4-9-22-13/h4,9,11,18H,5-8,10H2,1-3H3. The number of rotatable bonds is 0. The van der Waals surface area contributed by atoms with Crippen molar-refractivity contribution in [3.63, 3.8) is 0 Å². The third-order valence-corrected chi connectivity index (χ3v) is 5.18. The van der Waals surface area contributed by atoms with Gasteiger partial charge in [-0.05, 0) is 32.2 Å². The molecule has 1 spiro atoms. The molecule has 3 heterocycles. The Morgan fingerprint density at radius 3 is 2.77 bits per heavy atom. The summed E-state index contributed by atoms with van der Waals surface area (Å²) in [6, 6.07) is 1.92. The lowest BCUT2D eigenvalue weighted by atomic mass is 9.83. The van der Waals surface area contributed by atoms with Crippen LogP contribution in [0.2, 0.25) is 0 Å². The summed E-state index contributed by atoms with van der Waals surface area (Å²) < 4.78 is 11.6. The highest BCUT2D eigenvalue weighted by Gasteiger charge is 2.44. The highest BCUT2D eigenvalue weighted by Crippen LogP contribution is 2.46. The number of fused-ring (bicyclic) bond motifs is 1. The van der Waals surface area contributed by atoms with E-state index in [9.17, 15) is 9.90 Å². The number of hydrogen-bond acceptors (Lipinski definition) is 5. The van der Waals surface area contributed by atoms with Crippen LogP contribution in [0.15, 0.2) is 11.4 Å². The number of piperidine rings is 1. The van der Waals surface area contributed by atoms with Crippen molar-refractivity contribution in [2.75, 3.05) is 13.1 Å². The van der Waals surface area contributed by atoms with E-state index in [1.807, 2.05) is 32.2 Å². The molecule has 22 heavy (non-hydrogen) atoms. The van der Waals surface area contributed by atoms with E-state index < -0.39 is 11.7 Å². The molecule has 0 bridgehead atoms. The lowest BCUT2D eigenvalue weighted by molar-refractivity contribution is -0.0553. The molecule has 1 N–H and O–H groups in total. The maximum absolute atomic E-state index is 12.1. The first kappa shape index (κ1) is 15.6. The number of likely N-dealkylation sites (tertiary alicyclic amines) is 1. The monoisotopic (exact) mass is 325 g/mol. The SMILES string of the molecule is CC(C)(C)OC(=O)N1CCC2(CC1)CC(O)c1sccc1O2. The predicted molar refractivity (Wildman–Crippen MR) is 84.3 cm³/mol. The summed E-state index contributed by atoms with van der Waals surface area (Å²) in [5.41, 5.74) is -0.832. The van der Waals surface area contributed by atoms with Crippen molar-refractivity contribution in [3.05, 3.63) is 16.3 Å². The molecule has 1 fully saturated rings. The molecule has 0 aromatic carbocycles. The van der Waals surface area contributed by atoms with Gasteiger partial charge in [0.2, 0.25) is 0 Å². The summed E-state index contributed by atoms with van der Waals surface area (Å²) in [5, 5.41) is 12.3. The Labute approximate surface area is 134 Å². The average Bonchev–Trinajstić information content (AvgIpc) is 2.85. The third-order valence-electron chi connectivity index (χ3n) is 4.18. The van der Waals surface area contributed by atoms with Gasteiger partial charge in [0.15, 0.2) is 0 Å². The minimum Gasteiger partial charge on any atom is -0.486 e. The Balaban J connectivity index is 1.64. The number of aliphatic hydroxyl groups excluding tert-OH is 1. The Morgan fingerprint density at radius 2 is 2.14 bits per heavy atom. The van der Waals surface area contributed by atoms with Crippen molar-refractivity contribution in [2.24, 2.45) is 0 Å². The van der Waals surface area contributed by atoms with Crippen molar-refractivity contribution in [2.45, 2.75) is 57.3 Å². The summed E-state index contributed by atoms with van der Waals surface area (Å²) in [6.07, 6.45) is 1.31. The number of aliphatic hydroxyl groups is 1. The first-order chi connectivity index (χ1) is 10.3. The van der Waals surface area contributed by atoms with Crippen molar-refractivity contribution in [1.29, 1.82) is 0 Å². The van der Waals surface area contributed by atoms with Gasteiger partial charge in [0.25, 0.3) is 0 Å². The molecule has 0 aliphatic carbocycles. The zero-order valence-electron chi connectivity index (χ0n) is 13.3. The van der Waals surface area contributed by atoms with Gasteiger partial charge in [0.1, 0.15) is 17.0 Å². The average molecular weight is 325 g/mol. The molecule has 2 aliphatic heterocycles. The summed E-state index contributed by atoms with van der Waals surface area (Å²) in [7, 11) is 0. The van der Waals surface area contributed by atoms with Crippen molar-refractivity contribution >= 4 is 17.4 Å². The zero-order valence-corrected chi connectivity index (χ0v) is 14.1. The molecule has 1 aromatic rings. The van der Waals surface area contributed by atoms with Gasteiger partial charge in [-0.2, -0.15) is 0 Å². The van der Waals surface area contributed by atoms with Crippen molar-refractivity contribution < 1.29 is 19.4 Å². The number of nitrogens with zero attached hydrogens (tertiary/aromatic N) is 1. The Morgan fingerprint density at radius 1 is 1.45 bits per heavy atom. The van der Waals surface area contributed by atoms with Crippen LogP contribution in [-0.2, 0) is 4.74 Å². The number of ether oxygens (including phenoxy) is 2. The molecule has 0 radical (unpaired) electrons. The predicted octanol–water partition coefficient (Wildman–Crippen LogP) is 3.33. The second-order valence-corrected chi connectivity index (χ2v) is 8.07. The highest BCUT2D eigenvalue weighted by atomic mass is 32.1. The van der Waals surface area contributed by atoms with Crippen molar-refractivity contribution in [3.8, 4) is 5.75 Å². The van der Waals surface area contributed by atoms with Gasteiger partial charge in [0.05, 0.1) is 11.0 Å². The van der Waals surface area contributed by atoms with Crippen LogP contribution in [0.25, 0.3) is 0 Å². The minimum atomic E-state index is -0.477. The van der Waals surface area contributed by atoms with Crippen LogP contribution in [-0.4, -0.2) is 40.4 Å². The fourth-order valence-corrected chi connectivity index (χ4v) is 3.89. The molecule has 1 atom stereocenters. The van der Waals surface area contributed by atoms with Crippen molar-refractivity contribution in [1.82, 2.24) is 4.90 Å². The molecule has 1 saturated heterocycles. The van der Waals surface area contributed by atoms with Gasteiger partial charge in [-0.15, -0.1) is 11.3 Å². The molecule has 1 amide bonds. The van der Waals surface area contributed by atoms with Crippen LogP contribution < -0.4 is 4.74 Å². The summed E-state index contributed by atoms with van der Waals surface area (Å²) >= 11 is 1.53. The molecule has 1 aromatic heterocycles. The Hall–Kier alpha value is -1.27. The van der Waals surface area contributed by atoms with Crippen LogP contribution in [0.4, 0.5) is 4.79 Å². The quantitative estimate of drug-likeness (QED) is 0.795. The van der Waals surface area contributed by atoms with E-state index in [0.29, 0.717) is 19.5 Å². The Kier molecular flexibility index (Phi) is 3.85. The van der Waals surface area contributed by atoms with E-state index in [0.717, 1.165) is 23.5 Å². The van der Waals surface area contributed by atoms with Gasteiger partial charge in [-0.1, -0.05) is 0 Å². The second-order valence-electron chi connectivity index (χ2n) is 7.12. The molecule has 0 saturated carbocycles. The topological polar surface area (TPSA) is 59.0 Å². The van der Waals surface area contributed by atoms with Crippen LogP contribution >= 0.6 is 11.3 Å². The second kappa shape index (κ2) is 5.42. The van der Waals surface area contributed by atoms with Gasteiger partial charge >= 0.3 is 6.09 Å². The largest absolute Gasteiger partial charge is 0.486 e. The molecule has 122 valence electrons. The minimum absolute atomic E-state index is 0.269. The lowest BCUT2D eigenvalue weighted by Crippen LogP contribution is -2.52. The fourth-order valence-electron chi connectivity index (χ4n) is 3.09. The van der Waals surface area contributed by atoms with Crippen LogP contribution in [0, 0.1) is 0 Å². The maximum Gasteiger partial charge on any atom is 0.410 e. The first-order valence-corrected chi connectivity index (χ1v) is 8.58. The van der Waals surface area contributed by atoms with Crippen LogP contribution in [0.1, 0.15) is 51.0 Å². The van der Waals surface area contributed by atoms with E-state index in [4.69, 9.17) is 9.47 Å². The van der Waals surface area contributed by atoms with Gasteiger partial charge in [0, 0.05) is 32.4 Å². The number of carbonyl (C=O) groups excluding carboxylic acids is 1. The Bertz CT molecular complexity index is 555. The number of amides is 1. The molecule has 1 unspecified atom stereocenters. The zero-order chi connectivity index (χ0) is 16.0. The van der Waals surface area contributed by atoms with E-state index >= 15 is 0 Å². The lowest BCUT2D eigenvalue weighted by Gasteiger charge is -2.45. The summed E-state index contributed by atoms with van der Waals surface area (Å²) in [6.45, 7) is 6.81. The van der Waals surface area contributed by atoms with Crippen LogP contribution in [0.3, 0.4) is 0 Å². The molecule has 2 aliphatic rings.